The van der Waals surface area contributed by atoms with Crippen molar-refractivity contribution in [1.82, 2.24) is 10.8 Å². The highest BCUT2D eigenvalue weighted by Gasteiger charge is 2.15. The summed E-state index contributed by atoms with van der Waals surface area (Å²) < 4.78 is 5.57. The van der Waals surface area contributed by atoms with Gasteiger partial charge in [-0.2, -0.15) is 0 Å². The molecule has 1 aromatic rings. The number of nitrogens with one attached hydrogen (secondary N) is 2. The first-order chi connectivity index (χ1) is 7.70. The molecule has 0 fully saturated rings. The summed E-state index contributed by atoms with van der Waals surface area (Å²) in [5.74, 6) is 0.162. The molecule has 1 unspecified atom stereocenters. The smallest absolute Gasteiger partial charge is 0.274 e. The fourth-order valence-electron chi connectivity index (χ4n) is 1.60. The minimum atomic E-state index is -0.531. The second-order valence-electron chi connectivity index (χ2n) is 3.86. The molecule has 1 amide bonds. The lowest BCUT2D eigenvalue weighted by molar-refractivity contribution is 0.0706. The van der Waals surface area contributed by atoms with E-state index in [2.05, 4.69) is 5.32 Å². The Labute approximate surface area is 93.4 Å². The Morgan fingerprint density at radius 3 is 3.19 bits per heavy atom. The van der Waals surface area contributed by atoms with E-state index in [0.717, 1.165) is 12.1 Å². The van der Waals surface area contributed by atoms with Crippen molar-refractivity contribution in [1.29, 1.82) is 0 Å². The molecule has 0 saturated heterocycles. The first kappa shape index (κ1) is 10.9. The number of rotatable bonds is 1. The van der Waals surface area contributed by atoms with Gasteiger partial charge >= 0.3 is 0 Å². The molecule has 86 valence electrons. The van der Waals surface area contributed by atoms with Crippen LogP contribution < -0.4 is 15.5 Å². The summed E-state index contributed by atoms with van der Waals surface area (Å²) in [6.45, 7) is 3.32. The number of fused-ring (bicyclic) bond motifs is 1. The van der Waals surface area contributed by atoms with Crippen LogP contribution in [0, 0.1) is 0 Å². The number of benzene rings is 1. The van der Waals surface area contributed by atoms with Crippen LogP contribution >= 0.6 is 0 Å². The highest BCUT2D eigenvalue weighted by Crippen LogP contribution is 2.22. The van der Waals surface area contributed by atoms with Crippen LogP contribution in [0.5, 0.6) is 5.75 Å². The SMILES string of the molecule is CC1COc2cc(C(=O)NO)ccc2CN1. The molecule has 1 atom stereocenters. The minimum Gasteiger partial charge on any atom is -0.492 e. The van der Waals surface area contributed by atoms with E-state index in [4.69, 9.17) is 9.94 Å². The molecule has 0 spiro atoms. The lowest BCUT2D eigenvalue weighted by Gasteiger charge is -2.08. The highest BCUT2D eigenvalue weighted by molar-refractivity contribution is 5.93. The molecule has 0 aliphatic carbocycles. The molecule has 1 aliphatic heterocycles. The molecule has 3 N–H and O–H groups in total. The molecule has 2 rings (SSSR count). The van der Waals surface area contributed by atoms with E-state index in [1.807, 2.05) is 13.0 Å². The molecule has 0 radical (unpaired) electrons. The molecular weight excluding hydrogens is 208 g/mol. The van der Waals surface area contributed by atoms with Gasteiger partial charge in [-0.3, -0.25) is 10.0 Å². The summed E-state index contributed by atoms with van der Waals surface area (Å²) in [5.41, 5.74) is 3.00. The van der Waals surface area contributed by atoms with Gasteiger partial charge < -0.3 is 10.1 Å². The Morgan fingerprint density at radius 1 is 1.62 bits per heavy atom. The Kier molecular flexibility index (Phi) is 3.07. The first-order valence-electron chi connectivity index (χ1n) is 5.14. The van der Waals surface area contributed by atoms with Gasteiger partial charge in [0.05, 0.1) is 0 Å². The van der Waals surface area contributed by atoms with E-state index >= 15 is 0 Å². The van der Waals surface area contributed by atoms with Crippen molar-refractivity contribution in [2.45, 2.75) is 19.5 Å². The third kappa shape index (κ3) is 2.15. The lowest BCUT2D eigenvalue weighted by Crippen LogP contribution is -2.28. The molecule has 5 heteroatoms. The van der Waals surface area contributed by atoms with Crippen molar-refractivity contribution >= 4 is 5.91 Å². The average molecular weight is 222 g/mol. The summed E-state index contributed by atoms with van der Waals surface area (Å²) in [6, 6.07) is 5.40. The zero-order valence-electron chi connectivity index (χ0n) is 8.99. The van der Waals surface area contributed by atoms with Gasteiger partial charge in [0.15, 0.2) is 0 Å². The molecule has 1 aromatic carbocycles. The summed E-state index contributed by atoms with van der Waals surface area (Å²) in [7, 11) is 0. The van der Waals surface area contributed by atoms with Gasteiger partial charge in [0.1, 0.15) is 12.4 Å². The van der Waals surface area contributed by atoms with Crippen molar-refractivity contribution in [3.05, 3.63) is 29.3 Å². The minimum absolute atomic E-state index is 0.280. The predicted octanol–water partition coefficient (Wildman–Crippen LogP) is 0.676. The molecule has 0 aromatic heterocycles. The quantitative estimate of drug-likeness (QED) is 0.482. The average Bonchev–Trinajstić information content (AvgIpc) is 2.50. The number of hydrogen-bond donors (Lipinski definition) is 3. The standard InChI is InChI=1S/C11H14N2O3/c1-7-6-16-10-4-8(11(14)13-15)2-3-9(10)5-12-7/h2-4,7,12,15H,5-6H2,1H3,(H,13,14). The van der Waals surface area contributed by atoms with Crippen molar-refractivity contribution in [3.8, 4) is 5.75 Å². The molecule has 0 saturated carbocycles. The summed E-state index contributed by atoms with van der Waals surface area (Å²) in [6.07, 6.45) is 0. The predicted molar refractivity (Wildman–Crippen MR) is 57.5 cm³/mol. The zero-order valence-corrected chi connectivity index (χ0v) is 8.99. The Bertz CT molecular complexity index is 406. The summed E-state index contributed by atoms with van der Waals surface area (Å²) in [4.78, 5) is 11.2. The molecular formula is C11H14N2O3. The Morgan fingerprint density at radius 2 is 2.44 bits per heavy atom. The van der Waals surface area contributed by atoms with E-state index < -0.39 is 5.91 Å². The molecule has 5 nitrogen and oxygen atoms in total. The first-order valence-corrected chi connectivity index (χ1v) is 5.14. The number of carbonyl (C=O) groups is 1. The summed E-state index contributed by atoms with van der Waals surface area (Å²) >= 11 is 0. The number of amides is 1. The molecule has 1 aliphatic rings. The maximum Gasteiger partial charge on any atom is 0.274 e. The topological polar surface area (TPSA) is 70.6 Å². The van der Waals surface area contributed by atoms with Gasteiger partial charge in [0.25, 0.3) is 5.91 Å². The highest BCUT2D eigenvalue weighted by atomic mass is 16.5. The van der Waals surface area contributed by atoms with Crippen molar-refractivity contribution in [2.24, 2.45) is 0 Å². The number of ether oxygens (including phenoxy) is 1. The van der Waals surface area contributed by atoms with E-state index in [9.17, 15) is 4.79 Å². The largest absolute Gasteiger partial charge is 0.492 e. The second-order valence-corrected chi connectivity index (χ2v) is 3.86. The van der Waals surface area contributed by atoms with Crippen LogP contribution in [0.15, 0.2) is 18.2 Å². The van der Waals surface area contributed by atoms with Crippen LogP contribution in [0.3, 0.4) is 0 Å². The van der Waals surface area contributed by atoms with Crippen LogP contribution in [0.1, 0.15) is 22.8 Å². The number of hydroxylamine groups is 1. The maximum absolute atomic E-state index is 11.2. The Hall–Kier alpha value is -1.59. The zero-order chi connectivity index (χ0) is 11.5. The van der Waals surface area contributed by atoms with Gasteiger partial charge in [0, 0.05) is 23.7 Å². The van der Waals surface area contributed by atoms with Gasteiger partial charge in [-0.25, -0.2) is 5.48 Å². The van der Waals surface area contributed by atoms with Crippen LogP contribution in [-0.4, -0.2) is 23.8 Å². The third-order valence-electron chi connectivity index (χ3n) is 2.56. The van der Waals surface area contributed by atoms with E-state index in [1.54, 1.807) is 17.6 Å². The lowest BCUT2D eigenvalue weighted by atomic mass is 10.1. The van der Waals surface area contributed by atoms with Crippen LogP contribution in [-0.2, 0) is 6.54 Å². The fraction of sp³-hybridized carbons (Fsp3) is 0.364. The van der Waals surface area contributed by atoms with Gasteiger partial charge in [-0.15, -0.1) is 0 Å². The van der Waals surface area contributed by atoms with Gasteiger partial charge in [-0.05, 0) is 19.1 Å². The maximum atomic E-state index is 11.2. The van der Waals surface area contributed by atoms with E-state index in [-0.39, 0.29) is 6.04 Å². The van der Waals surface area contributed by atoms with E-state index in [0.29, 0.717) is 17.9 Å². The van der Waals surface area contributed by atoms with Crippen molar-refractivity contribution in [3.63, 3.8) is 0 Å². The van der Waals surface area contributed by atoms with Gasteiger partial charge in [-0.1, -0.05) is 6.07 Å². The molecule has 0 bridgehead atoms. The van der Waals surface area contributed by atoms with Crippen molar-refractivity contribution in [2.75, 3.05) is 6.61 Å². The monoisotopic (exact) mass is 222 g/mol. The fourth-order valence-corrected chi connectivity index (χ4v) is 1.60. The normalized spacial score (nSPS) is 19.2. The third-order valence-corrected chi connectivity index (χ3v) is 2.56. The van der Waals surface area contributed by atoms with Crippen molar-refractivity contribution < 1.29 is 14.7 Å². The number of hydrogen-bond acceptors (Lipinski definition) is 4. The van der Waals surface area contributed by atoms with Crippen LogP contribution in [0.2, 0.25) is 0 Å². The molecule has 16 heavy (non-hydrogen) atoms. The molecule has 1 heterocycles. The summed E-state index contributed by atoms with van der Waals surface area (Å²) in [5, 5.41) is 11.8. The van der Waals surface area contributed by atoms with Crippen LogP contribution in [0.25, 0.3) is 0 Å². The second kappa shape index (κ2) is 4.51. The van der Waals surface area contributed by atoms with Crippen LogP contribution in [0.4, 0.5) is 0 Å². The van der Waals surface area contributed by atoms with Gasteiger partial charge in [0.2, 0.25) is 0 Å². The number of carbonyl (C=O) groups excluding carboxylic acids is 1. The Balaban J connectivity index is 2.28. The van der Waals surface area contributed by atoms with E-state index in [1.165, 1.54) is 0 Å².